The minimum Gasteiger partial charge on any atom is -0.490 e. The molecule has 1 fully saturated rings. The monoisotopic (exact) mass is 279 g/mol. The Kier molecular flexibility index (Phi) is 4.92. The Labute approximate surface area is 118 Å². The Morgan fingerprint density at radius 2 is 2.35 bits per heavy atom. The number of nitrogens with zero attached hydrogens (tertiary/aromatic N) is 2. The van der Waals surface area contributed by atoms with Gasteiger partial charge in [-0.15, -0.1) is 0 Å². The predicted octanol–water partition coefficient (Wildman–Crippen LogP) is 1.64. The molecule has 6 heteroatoms. The highest BCUT2D eigenvalue weighted by Gasteiger charge is 2.19. The lowest BCUT2D eigenvalue weighted by molar-refractivity contribution is -0.385. The van der Waals surface area contributed by atoms with Gasteiger partial charge in [-0.1, -0.05) is 6.07 Å². The van der Waals surface area contributed by atoms with Crippen LogP contribution in [0.4, 0.5) is 5.69 Å². The molecule has 1 aromatic carbocycles. The molecule has 1 atom stereocenters. The van der Waals surface area contributed by atoms with Crippen LogP contribution in [0.2, 0.25) is 0 Å². The highest BCUT2D eigenvalue weighted by molar-refractivity contribution is 5.48. The first-order valence-electron chi connectivity index (χ1n) is 6.80. The molecule has 0 bridgehead atoms. The van der Waals surface area contributed by atoms with Gasteiger partial charge in [0.1, 0.15) is 0 Å². The van der Waals surface area contributed by atoms with Crippen molar-refractivity contribution in [1.82, 2.24) is 10.2 Å². The summed E-state index contributed by atoms with van der Waals surface area (Å²) in [4.78, 5) is 12.9. The fraction of sp³-hybridized carbons (Fsp3) is 0.571. The number of nitrogens with one attached hydrogen (secondary N) is 1. The van der Waals surface area contributed by atoms with E-state index in [4.69, 9.17) is 4.74 Å². The fourth-order valence-corrected chi connectivity index (χ4v) is 2.60. The van der Waals surface area contributed by atoms with Crippen LogP contribution in [0.3, 0.4) is 0 Å². The Balaban J connectivity index is 1.89. The van der Waals surface area contributed by atoms with Crippen LogP contribution in [0.1, 0.15) is 12.0 Å². The van der Waals surface area contributed by atoms with Crippen LogP contribution < -0.4 is 10.1 Å². The van der Waals surface area contributed by atoms with E-state index in [1.807, 2.05) is 6.07 Å². The summed E-state index contributed by atoms with van der Waals surface area (Å²) in [6.45, 7) is 3.87. The first kappa shape index (κ1) is 14.7. The molecule has 1 N–H and O–H groups in total. The van der Waals surface area contributed by atoms with E-state index in [2.05, 4.69) is 17.3 Å². The van der Waals surface area contributed by atoms with Gasteiger partial charge in [0.25, 0.3) is 0 Å². The molecule has 1 saturated heterocycles. The molecule has 110 valence electrons. The second-order valence-electron chi connectivity index (χ2n) is 5.31. The first-order valence-corrected chi connectivity index (χ1v) is 6.80. The number of ether oxygens (including phenoxy) is 1. The first-order chi connectivity index (χ1) is 9.60. The van der Waals surface area contributed by atoms with Crippen molar-refractivity contribution in [2.45, 2.75) is 13.0 Å². The van der Waals surface area contributed by atoms with E-state index in [-0.39, 0.29) is 5.69 Å². The summed E-state index contributed by atoms with van der Waals surface area (Å²) in [5.41, 5.74) is 0.927. The highest BCUT2D eigenvalue weighted by Crippen LogP contribution is 2.27. The largest absolute Gasteiger partial charge is 0.490 e. The summed E-state index contributed by atoms with van der Waals surface area (Å²) < 4.78 is 4.99. The molecule has 1 unspecified atom stereocenters. The number of rotatable bonds is 6. The van der Waals surface area contributed by atoms with Gasteiger partial charge in [0.15, 0.2) is 5.75 Å². The lowest BCUT2D eigenvalue weighted by Gasteiger charge is -2.12. The van der Waals surface area contributed by atoms with Gasteiger partial charge in [-0.25, -0.2) is 0 Å². The average molecular weight is 279 g/mol. The van der Waals surface area contributed by atoms with Crippen LogP contribution in [0.5, 0.6) is 5.75 Å². The van der Waals surface area contributed by atoms with Gasteiger partial charge in [0.05, 0.1) is 12.0 Å². The van der Waals surface area contributed by atoms with Crippen LogP contribution >= 0.6 is 0 Å². The molecule has 0 aliphatic carbocycles. The molecule has 0 aromatic heterocycles. The average Bonchev–Trinajstić information content (AvgIpc) is 2.84. The zero-order valence-corrected chi connectivity index (χ0v) is 12.0. The topological polar surface area (TPSA) is 67.6 Å². The van der Waals surface area contributed by atoms with Crippen molar-refractivity contribution in [3.8, 4) is 5.75 Å². The van der Waals surface area contributed by atoms with Crippen molar-refractivity contribution in [3.63, 3.8) is 0 Å². The van der Waals surface area contributed by atoms with E-state index in [1.165, 1.54) is 13.5 Å². The van der Waals surface area contributed by atoms with Gasteiger partial charge in [-0.05, 0) is 44.1 Å². The second-order valence-corrected chi connectivity index (χ2v) is 5.31. The Bertz CT molecular complexity index is 479. The van der Waals surface area contributed by atoms with Gasteiger partial charge in [0.2, 0.25) is 0 Å². The number of hydrogen-bond donors (Lipinski definition) is 1. The van der Waals surface area contributed by atoms with E-state index in [1.54, 1.807) is 12.1 Å². The van der Waals surface area contributed by atoms with E-state index < -0.39 is 4.92 Å². The smallest absolute Gasteiger partial charge is 0.311 e. The summed E-state index contributed by atoms with van der Waals surface area (Å²) in [6, 6.07) is 5.09. The Morgan fingerprint density at radius 3 is 2.95 bits per heavy atom. The number of methoxy groups -OCH3 is 1. The molecule has 1 heterocycles. The fourth-order valence-electron chi connectivity index (χ4n) is 2.60. The summed E-state index contributed by atoms with van der Waals surface area (Å²) in [7, 11) is 3.57. The number of hydrogen-bond acceptors (Lipinski definition) is 5. The standard InChI is InChI=1S/C14H21N3O3/c1-16-6-5-12(10-16)9-15-8-11-3-4-14(20-2)13(7-11)17(18)19/h3-4,7,12,15H,5-6,8-10H2,1-2H3. The van der Waals surface area contributed by atoms with Gasteiger partial charge in [-0.2, -0.15) is 0 Å². The van der Waals surface area contributed by atoms with E-state index in [9.17, 15) is 10.1 Å². The van der Waals surface area contributed by atoms with Gasteiger partial charge in [0, 0.05) is 19.2 Å². The summed E-state index contributed by atoms with van der Waals surface area (Å²) >= 11 is 0. The molecular weight excluding hydrogens is 258 g/mol. The maximum atomic E-state index is 11.0. The summed E-state index contributed by atoms with van der Waals surface area (Å²) in [5.74, 6) is 0.976. The minimum absolute atomic E-state index is 0.0207. The van der Waals surface area contributed by atoms with Crippen molar-refractivity contribution >= 4 is 5.69 Å². The minimum atomic E-state index is -0.408. The maximum absolute atomic E-state index is 11.0. The molecule has 0 saturated carbocycles. The van der Waals surface area contributed by atoms with Crippen molar-refractivity contribution in [1.29, 1.82) is 0 Å². The Hall–Kier alpha value is -1.66. The maximum Gasteiger partial charge on any atom is 0.311 e. The number of nitro benzene ring substituents is 1. The number of likely N-dealkylation sites (tertiary alicyclic amines) is 1. The van der Waals surface area contributed by atoms with Crippen LogP contribution in [0.25, 0.3) is 0 Å². The zero-order chi connectivity index (χ0) is 14.5. The third-order valence-corrected chi connectivity index (χ3v) is 3.69. The zero-order valence-electron chi connectivity index (χ0n) is 12.0. The summed E-state index contributed by atoms with van der Waals surface area (Å²) in [5, 5.41) is 14.3. The van der Waals surface area contributed by atoms with Crippen LogP contribution in [-0.2, 0) is 6.54 Å². The third-order valence-electron chi connectivity index (χ3n) is 3.69. The lowest BCUT2D eigenvalue weighted by Crippen LogP contribution is -2.24. The van der Waals surface area contributed by atoms with E-state index in [0.29, 0.717) is 18.2 Å². The molecule has 2 rings (SSSR count). The molecule has 1 aliphatic heterocycles. The normalized spacial score (nSPS) is 19.2. The predicted molar refractivity (Wildman–Crippen MR) is 77.0 cm³/mol. The number of benzene rings is 1. The molecule has 20 heavy (non-hydrogen) atoms. The van der Waals surface area contributed by atoms with Crippen LogP contribution in [0, 0.1) is 16.0 Å². The summed E-state index contributed by atoms with van der Waals surface area (Å²) in [6.07, 6.45) is 1.21. The Morgan fingerprint density at radius 1 is 1.55 bits per heavy atom. The highest BCUT2D eigenvalue weighted by atomic mass is 16.6. The van der Waals surface area contributed by atoms with Gasteiger partial charge in [-0.3, -0.25) is 10.1 Å². The van der Waals surface area contributed by atoms with Crippen molar-refractivity contribution in [3.05, 3.63) is 33.9 Å². The van der Waals surface area contributed by atoms with Crippen molar-refractivity contribution in [2.75, 3.05) is 33.8 Å². The molecule has 6 nitrogen and oxygen atoms in total. The molecule has 1 aliphatic rings. The molecule has 0 amide bonds. The van der Waals surface area contributed by atoms with Crippen molar-refractivity contribution < 1.29 is 9.66 Å². The second kappa shape index (κ2) is 6.67. The molecular formula is C14H21N3O3. The SMILES string of the molecule is COc1ccc(CNCC2CCN(C)C2)cc1[N+](=O)[O-]. The van der Waals surface area contributed by atoms with Gasteiger partial charge < -0.3 is 15.0 Å². The van der Waals surface area contributed by atoms with E-state index >= 15 is 0 Å². The lowest BCUT2D eigenvalue weighted by atomic mass is 10.1. The number of nitro groups is 1. The third kappa shape index (κ3) is 3.68. The molecule has 0 radical (unpaired) electrons. The molecule has 0 spiro atoms. The van der Waals surface area contributed by atoms with Crippen LogP contribution in [0.15, 0.2) is 18.2 Å². The van der Waals surface area contributed by atoms with Gasteiger partial charge >= 0.3 is 5.69 Å². The quantitative estimate of drug-likeness (QED) is 0.633. The van der Waals surface area contributed by atoms with E-state index in [0.717, 1.165) is 25.2 Å². The van der Waals surface area contributed by atoms with Crippen LogP contribution in [-0.4, -0.2) is 43.6 Å². The molecule has 1 aromatic rings. The van der Waals surface area contributed by atoms with Crippen molar-refractivity contribution in [2.24, 2.45) is 5.92 Å².